The molecule has 1 aliphatic rings. The van der Waals surface area contributed by atoms with E-state index in [9.17, 15) is 9.59 Å². The molecule has 2 rings (SSSR count). The Bertz CT molecular complexity index is 536. The zero-order chi connectivity index (χ0) is 15.8. The SMILES string of the molecule is COCCn1nc(C(=O)NCCCC2CCCC2)ccc1=O. The molecule has 0 spiro atoms. The number of nitrogens with one attached hydrogen (secondary N) is 1. The number of amides is 1. The summed E-state index contributed by atoms with van der Waals surface area (Å²) < 4.78 is 6.19. The lowest BCUT2D eigenvalue weighted by atomic mass is 10.0. The second-order valence-electron chi connectivity index (χ2n) is 5.82. The summed E-state index contributed by atoms with van der Waals surface area (Å²) in [6.07, 6.45) is 7.55. The lowest BCUT2D eigenvalue weighted by Crippen LogP contribution is -2.31. The van der Waals surface area contributed by atoms with E-state index in [1.807, 2.05) is 0 Å². The standard InChI is InChI=1S/C16H25N3O3/c1-22-12-11-19-15(20)9-8-14(18-19)16(21)17-10-4-7-13-5-2-3-6-13/h8-9,13H,2-7,10-12H2,1H3,(H,17,21). The topological polar surface area (TPSA) is 73.2 Å². The van der Waals surface area contributed by atoms with Crippen LogP contribution in [0, 0.1) is 5.92 Å². The van der Waals surface area contributed by atoms with Crippen LogP contribution in [-0.4, -0.2) is 35.9 Å². The van der Waals surface area contributed by atoms with Crippen LogP contribution in [0.1, 0.15) is 49.0 Å². The van der Waals surface area contributed by atoms with Gasteiger partial charge >= 0.3 is 0 Å². The van der Waals surface area contributed by atoms with E-state index in [2.05, 4.69) is 10.4 Å². The molecule has 0 radical (unpaired) electrons. The van der Waals surface area contributed by atoms with Crippen molar-refractivity contribution in [3.8, 4) is 0 Å². The Morgan fingerprint density at radius 2 is 2.18 bits per heavy atom. The largest absolute Gasteiger partial charge is 0.383 e. The van der Waals surface area contributed by atoms with E-state index in [4.69, 9.17) is 4.74 Å². The molecule has 0 atom stereocenters. The molecule has 0 aromatic carbocycles. The maximum Gasteiger partial charge on any atom is 0.271 e. The normalized spacial score (nSPS) is 15.1. The number of aromatic nitrogens is 2. The van der Waals surface area contributed by atoms with Crippen LogP contribution in [0.4, 0.5) is 0 Å². The molecule has 1 aromatic rings. The zero-order valence-corrected chi connectivity index (χ0v) is 13.2. The molecule has 0 aliphatic heterocycles. The third-order valence-corrected chi connectivity index (χ3v) is 4.16. The van der Waals surface area contributed by atoms with E-state index in [0.29, 0.717) is 19.7 Å². The Morgan fingerprint density at radius 3 is 2.91 bits per heavy atom. The van der Waals surface area contributed by atoms with Crippen molar-refractivity contribution in [1.82, 2.24) is 15.1 Å². The highest BCUT2D eigenvalue weighted by molar-refractivity contribution is 5.91. The van der Waals surface area contributed by atoms with Gasteiger partial charge in [-0.3, -0.25) is 9.59 Å². The minimum Gasteiger partial charge on any atom is -0.383 e. The van der Waals surface area contributed by atoms with Gasteiger partial charge in [-0.2, -0.15) is 5.10 Å². The van der Waals surface area contributed by atoms with E-state index in [0.717, 1.165) is 12.3 Å². The molecule has 6 heteroatoms. The summed E-state index contributed by atoms with van der Waals surface area (Å²) in [6.45, 7) is 1.39. The lowest BCUT2D eigenvalue weighted by Gasteiger charge is -2.10. The van der Waals surface area contributed by atoms with Crippen LogP contribution in [0.15, 0.2) is 16.9 Å². The van der Waals surface area contributed by atoms with Crippen molar-refractivity contribution in [1.29, 1.82) is 0 Å². The van der Waals surface area contributed by atoms with Crippen LogP contribution in [0.2, 0.25) is 0 Å². The number of rotatable bonds is 8. The number of carbonyl (C=O) groups excluding carboxylic acids is 1. The van der Waals surface area contributed by atoms with Gasteiger partial charge < -0.3 is 10.1 Å². The summed E-state index contributed by atoms with van der Waals surface area (Å²) in [6, 6.07) is 2.84. The van der Waals surface area contributed by atoms with Gasteiger partial charge in [0.2, 0.25) is 0 Å². The van der Waals surface area contributed by atoms with E-state index in [-0.39, 0.29) is 17.2 Å². The summed E-state index contributed by atoms with van der Waals surface area (Å²) in [5.41, 5.74) is 0.0476. The van der Waals surface area contributed by atoms with Crippen molar-refractivity contribution in [3.05, 3.63) is 28.2 Å². The van der Waals surface area contributed by atoms with E-state index in [1.165, 1.54) is 48.9 Å². The number of carbonyl (C=O) groups is 1. The molecule has 1 saturated carbocycles. The Kier molecular flexibility index (Phi) is 6.58. The number of ether oxygens (including phenoxy) is 1. The van der Waals surface area contributed by atoms with Crippen molar-refractivity contribution in [2.24, 2.45) is 5.92 Å². The first kappa shape index (κ1) is 16.7. The maximum absolute atomic E-state index is 12.1. The van der Waals surface area contributed by atoms with Crippen LogP contribution < -0.4 is 10.9 Å². The molecule has 0 bridgehead atoms. The highest BCUT2D eigenvalue weighted by Gasteiger charge is 2.14. The molecule has 22 heavy (non-hydrogen) atoms. The summed E-state index contributed by atoms with van der Waals surface area (Å²) >= 11 is 0. The van der Waals surface area contributed by atoms with Crippen LogP contribution in [0.5, 0.6) is 0 Å². The summed E-state index contributed by atoms with van der Waals surface area (Å²) in [4.78, 5) is 23.7. The van der Waals surface area contributed by atoms with Crippen LogP contribution in [0.25, 0.3) is 0 Å². The highest BCUT2D eigenvalue weighted by Crippen LogP contribution is 2.28. The first-order valence-corrected chi connectivity index (χ1v) is 8.06. The van der Waals surface area contributed by atoms with Gasteiger partial charge in [0.15, 0.2) is 0 Å². The Morgan fingerprint density at radius 1 is 1.41 bits per heavy atom. The van der Waals surface area contributed by atoms with Gasteiger partial charge in [-0.15, -0.1) is 0 Å². The Hall–Kier alpha value is -1.69. The fourth-order valence-electron chi connectivity index (χ4n) is 2.89. The Balaban J connectivity index is 1.79. The zero-order valence-electron chi connectivity index (χ0n) is 13.2. The number of nitrogens with zero attached hydrogens (tertiary/aromatic N) is 2. The molecule has 1 heterocycles. The van der Waals surface area contributed by atoms with Gasteiger partial charge in [0, 0.05) is 19.7 Å². The quantitative estimate of drug-likeness (QED) is 0.740. The van der Waals surface area contributed by atoms with Crippen molar-refractivity contribution >= 4 is 5.91 Å². The van der Waals surface area contributed by atoms with Gasteiger partial charge in [-0.05, 0) is 24.8 Å². The van der Waals surface area contributed by atoms with Crippen molar-refractivity contribution in [2.45, 2.75) is 45.1 Å². The van der Waals surface area contributed by atoms with Crippen LogP contribution in [-0.2, 0) is 11.3 Å². The first-order valence-electron chi connectivity index (χ1n) is 8.06. The third-order valence-electron chi connectivity index (χ3n) is 4.16. The molecule has 1 fully saturated rings. The average molecular weight is 307 g/mol. The molecule has 1 aliphatic carbocycles. The van der Waals surface area contributed by atoms with Crippen molar-refractivity contribution < 1.29 is 9.53 Å². The first-order chi connectivity index (χ1) is 10.7. The maximum atomic E-state index is 12.1. The lowest BCUT2D eigenvalue weighted by molar-refractivity contribution is 0.0943. The molecule has 1 amide bonds. The predicted octanol–water partition coefficient (Wildman–Crippen LogP) is 1.59. The minimum atomic E-state index is -0.227. The molecular weight excluding hydrogens is 282 g/mol. The number of methoxy groups -OCH3 is 1. The highest BCUT2D eigenvalue weighted by atomic mass is 16.5. The number of hydrogen-bond donors (Lipinski definition) is 1. The predicted molar refractivity (Wildman–Crippen MR) is 83.9 cm³/mol. The summed E-state index contributed by atoms with van der Waals surface area (Å²) in [7, 11) is 1.56. The molecule has 0 saturated heterocycles. The van der Waals surface area contributed by atoms with E-state index in [1.54, 1.807) is 7.11 Å². The fourth-order valence-corrected chi connectivity index (χ4v) is 2.89. The monoisotopic (exact) mass is 307 g/mol. The number of hydrogen-bond acceptors (Lipinski definition) is 4. The van der Waals surface area contributed by atoms with E-state index < -0.39 is 0 Å². The van der Waals surface area contributed by atoms with Crippen LogP contribution >= 0.6 is 0 Å². The molecule has 1 aromatic heterocycles. The third kappa shape index (κ3) is 4.94. The van der Waals surface area contributed by atoms with Gasteiger partial charge in [-0.1, -0.05) is 25.7 Å². The molecule has 6 nitrogen and oxygen atoms in total. The summed E-state index contributed by atoms with van der Waals surface area (Å²) in [5.74, 6) is 0.614. The smallest absolute Gasteiger partial charge is 0.271 e. The molecule has 1 N–H and O–H groups in total. The Labute approximate surface area is 130 Å². The van der Waals surface area contributed by atoms with Crippen LogP contribution in [0.3, 0.4) is 0 Å². The second kappa shape index (κ2) is 8.68. The van der Waals surface area contributed by atoms with E-state index >= 15 is 0 Å². The van der Waals surface area contributed by atoms with Crippen molar-refractivity contribution in [2.75, 3.05) is 20.3 Å². The fraction of sp³-hybridized carbons (Fsp3) is 0.688. The molecular formula is C16H25N3O3. The van der Waals surface area contributed by atoms with Gasteiger partial charge in [0.25, 0.3) is 11.5 Å². The van der Waals surface area contributed by atoms with Gasteiger partial charge in [-0.25, -0.2) is 4.68 Å². The average Bonchev–Trinajstić information content (AvgIpc) is 3.04. The van der Waals surface area contributed by atoms with Gasteiger partial charge in [0.05, 0.1) is 13.2 Å². The molecule has 0 unspecified atom stereocenters. The minimum absolute atomic E-state index is 0.224. The molecule has 122 valence electrons. The second-order valence-corrected chi connectivity index (χ2v) is 5.82. The van der Waals surface area contributed by atoms with Crippen molar-refractivity contribution in [3.63, 3.8) is 0 Å². The summed E-state index contributed by atoms with van der Waals surface area (Å²) in [5, 5.41) is 6.96. The van der Waals surface area contributed by atoms with Gasteiger partial charge in [0.1, 0.15) is 5.69 Å².